The van der Waals surface area contributed by atoms with Crippen LogP contribution in [0, 0.1) is 6.92 Å². The van der Waals surface area contributed by atoms with Gasteiger partial charge in [-0.15, -0.1) is 0 Å². The van der Waals surface area contributed by atoms with Crippen molar-refractivity contribution in [1.82, 2.24) is 4.90 Å². The Morgan fingerprint density at radius 2 is 1.80 bits per heavy atom. The van der Waals surface area contributed by atoms with Gasteiger partial charge in [-0.3, -0.25) is 0 Å². The first-order valence-electron chi connectivity index (χ1n) is 5.37. The average molecular weight is 225 g/mol. The van der Waals surface area contributed by atoms with Gasteiger partial charge in [0, 0.05) is 36.9 Å². The molecular formula is C12H17ClN2. The molecule has 0 spiro atoms. The molecular weight excluding hydrogens is 208 g/mol. The minimum atomic E-state index is 0.867. The molecule has 0 N–H and O–H groups in total. The second-order valence-corrected chi connectivity index (χ2v) is 4.58. The lowest BCUT2D eigenvalue weighted by molar-refractivity contribution is 0.312. The molecule has 2 nitrogen and oxygen atoms in total. The summed E-state index contributed by atoms with van der Waals surface area (Å²) < 4.78 is 0. The predicted octanol–water partition coefficient (Wildman–Crippen LogP) is 2.40. The summed E-state index contributed by atoms with van der Waals surface area (Å²) >= 11 is 6.12. The number of piperazine rings is 1. The second-order valence-electron chi connectivity index (χ2n) is 4.17. The van der Waals surface area contributed by atoms with Gasteiger partial charge in [-0.25, -0.2) is 0 Å². The number of halogens is 1. The summed E-state index contributed by atoms with van der Waals surface area (Å²) in [6.45, 7) is 6.54. The standard InChI is InChI=1S/C12H17ClN2/c1-10-11(13)4-3-5-12(10)15-8-6-14(2)7-9-15/h3-5H,6-9H2,1-2H3. The van der Waals surface area contributed by atoms with Crippen LogP contribution in [-0.4, -0.2) is 38.1 Å². The predicted molar refractivity (Wildman–Crippen MR) is 65.9 cm³/mol. The van der Waals surface area contributed by atoms with Crippen molar-refractivity contribution < 1.29 is 0 Å². The van der Waals surface area contributed by atoms with E-state index in [4.69, 9.17) is 11.6 Å². The molecule has 15 heavy (non-hydrogen) atoms. The molecule has 0 bridgehead atoms. The number of anilines is 1. The van der Waals surface area contributed by atoms with Gasteiger partial charge in [-0.2, -0.15) is 0 Å². The van der Waals surface area contributed by atoms with Crippen LogP contribution in [0.25, 0.3) is 0 Å². The molecule has 0 radical (unpaired) electrons. The summed E-state index contributed by atoms with van der Waals surface area (Å²) in [5, 5.41) is 0.867. The van der Waals surface area contributed by atoms with Gasteiger partial charge in [-0.1, -0.05) is 17.7 Å². The molecule has 1 aromatic rings. The van der Waals surface area contributed by atoms with Crippen LogP contribution in [-0.2, 0) is 0 Å². The fraction of sp³-hybridized carbons (Fsp3) is 0.500. The van der Waals surface area contributed by atoms with Crippen LogP contribution in [0.1, 0.15) is 5.56 Å². The van der Waals surface area contributed by atoms with Crippen molar-refractivity contribution in [2.75, 3.05) is 38.1 Å². The molecule has 82 valence electrons. The van der Waals surface area contributed by atoms with Gasteiger partial charge in [-0.05, 0) is 31.7 Å². The van der Waals surface area contributed by atoms with Gasteiger partial charge in [0.25, 0.3) is 0 Å². The van der Waals surface area contributed by atoms with Crippen LogP contribution in [0.5, 0.6) is 0 Å². The minimum Gasteiger partial charge on any atom is -0.369 e. The van der Waals surface area contributed by atoms with Crippen LogP contribution < -0.4 is 4.90 Å². The highest BCUT2D eigenvalue weighted by atomic mass is 35.5. The molecule has 1 heterocycles. The Bertz CT molecular complexity index is 343. The van der Waals surface area contributed by atoms with E-state index in [1.807, 2.05) is 12.1 Å². The normalized spacial score (nSPS) is 18.2. The first-order chi connectivity index (χ1) is 7.18. The zero-order valence-corrected chi connectivity index (χ0v) is 10.1. The van der Waals surface area contributed by atoms with Crippen molar-refractivity contribution in [3.8, 4) is 0 Å². The highest BCUT2D eigenvalue weighted by Crippen LogP contribution is 2.26. The van der Waals surface area contributed by atoms with E-state index in [1.165, 1.54) is 11.3 Å². The second kappa shape index (κ2) is 4.42. The van der Waals surface area contributed by atoms with E-state index in [0.717, 1.165) is 31.2 Å². The smallest absolute Gasteiger partial charge is 0.0455 e. The Hall–Kier alpha value is -0.730. The molecule has 2 rings (SSSR count). The number of hydrogen-bond donors (Lipinski definition) is 0. The summed E-state index contributed by atoms with van der Waals surface area (Å²) in [6, 6.07) is 6.14. The molecule has 0 atom stereocenters. The zero-order valence-electron chi connectivity index (χ0n) is 9.33. The van der Waals surface area contributed by atoms with Crippen molar-refractivity contribution in [3.63, 3.8) is 0 Å². The Balaban J connectivity index is 2.19. The van der Waals surface area contributed by atoms with Crippen LogP contribution in [0.3, 0.4) is 0 Å². The van der Waals surface area contributed by atoms with Crippen molar-refractivity contribution in [2.45, 2.75) is 6.92 Å². The van der Waals surface area contributed by atoms with E-state index in [0.29, 0.717) is 0 Å². The third kappa shape index (κ3) is 2.27. The maximum absolute atomic E-state index is 6.12. The molecule has 1 aliphatic heterocycles. The molecule has 3 heteroatoms. The molecule has 1 saturated heterocycles. The minimum absolute atomic E-state index is 0.867. The van der Waals surface area contributed by atoms with E-state index in [-0.39, 0.29) is 0 Å². The van der Waals surface area contributed by atoms with Crippen LogP contribution >= 0.6 is 11.6 Å². The van der Waals surface area contributed by atoms with Crippen LogP contribution in [0.15, 0.2) is 18.2 Å². The van der Waals surface area contributed by atoms with E-state index in [2.05, 4.69) is 29.8 Å². The van der Waals surface area contributed by atoms with Crippen molar-refractivity contribution >= 4 is 17.3 Å². The molecule has 0 unspecified atom stereocenters. The van der Waals surface area contributed by atoms with Crippen molar-refractivity contribution in [3.05, 3.63) is 28.8 Å². The summed E-state index contributed by atoms with van der Waals surface area (Å²) in [7, 11) is 2.17. The number of likely N-dealkylation sites (N-methyl/N-ethyl adjacent to an activating group) is 1. The fourth-order valence-corrected chi connectivity index (χ4v) is 2.16. The van der Waals surface area contributed by atoms with Gasteiger partial charge in [0.15, 0.2) is 0 Å². The van der Waals surface area contributed by atoms with E-state index in [9.17, 15) is 0 Å². The number of hydrogen-bond acceptors (Lipinski definition) is 2. The summed E-state index contributed by atoms with van der Waals surface area (Å²) in [6.07, 6.45) is 0. The molecule has 0 saturated carbocycles. The number of benzene rings is 1. The number of rotatable bonds is 1. The Labute approximate surface area is 96.4 Å². The fourth-order valence-electron chi connectivity index (χ4n) is 1.99. The Morgan fingerprint density at radius 3 is 2.47 bits per heavy atom. The maximum Gasteiger partial charge on any atom is 0.0455 e. The third-order valence-electron chi connectivity index (χ3n) is 3.08. The zero-order chi connectivity index (χ0) is 10.8. The van der Waals surface area contributed by atoms with E-state index < -0.39 is 0 Å². The summed E-state index contributed by atoms with van der Waals surface area (Å²) in [5.41, 5.74) is 2.49. The van der Waals surface area contributed by atoms with Crippen LogP contribution in [0.2, 0.25) is 5.02 Å². The monoisotopic (exact) mass is 224 g/mol. The summed E-state index contributed by atoms with van der Waals surface area (Å²) in [5.74, 6) is 0. The van der Waals surface area contributed by atoms with Crippen molar-refractivity contribution in [1.29, 1.82) is 0 Å². The van der Waals surface area contributed by atoms with E-state index in [1.54, 1.807) is 0 Å². The van der Waals surface area contributed by atoms with Gasteiger partial charge >= 0.3 is 0 Å². The quantitative estimate of drug-likeness (QED) is 0.723. The average Bonchev–Trinajstić information content (AvgIpc) is 2.24. The van der Waals surface area contributed by atoms with Crippen molar-refractivity contribution in [2.24, 2.45) is 0 Å². The highest BCUT2D eigenvalue weighted by molar-refractivity contribution is 6.31. The largest absolute Gasteiger partial charge is 0.369 e. The van der Waals surface area contributed by atoms with E-state index >= 15 is 0 Å². The molecule has 1 fully saturated rings. The molecule has 0 aromatic heterocycles. The molecule has 0 amide bonds. The topological polar surface area (TPSA) is 6.48 Å². The van der Waals surface area contributed by atoms with Gasteiger partial charge in [0.2, 0.25) is 0 Å². The first kappa shape index (κ1) is 10.8. The lowest BCUT2D eigenvalue weighted by atomic mass is 10.1. The number of nitrogens with zero attached hydrogens (tertiary/aromatic N) is 2. The molecule has 0 aliphatic carbocycles. The lowest BCUT2D eigenvalue weighted by Gasteiger charge is -2.35. The highest BCUT2D eigenvalue weighted by Gasteiger charge is 2.16. The van der Waals surface area contributed by atoms with Gasteiger partial charge < -0.3 is 9.80 Å². The lowest BCUT2D eigenvalue weighted by Crippen LogP contribution is -2.44. The Morgan fingerprint density at radius 1 is 1.13 bits per heavy atom. The first-order valence-corrected chi connectivity index (χ1v) is 5.75. The summed E-state index contributed by atoms with van der Waals surface area (Å²) in [4.78, 5) is 4.78. The van der Waals surface area contributed by atoms with Gasteiger partial charge in [0.1, 0.15) is 0 Å². The molecule has 1 aromatic carbocycles. The SMILES string of the molecule is Cc1c(Cl)cccc1N1CCN(C)CC1. The molecule has 1 aliphatic rings. The third-order valence-corrected chi connectivity index (χ3v) is 3.49. The van der Waals surface area contributed by atoms with Gasteiger partial charge in [0.05, 0.1) is 0 Å². The Kier molecular flexibility index (Phi) is 3.17. The maximum atomic E-state index is 6.12. The van der Waals surface area contributed by atoms with Crippen LogP contribution in [0.4, 0.5) is 5.69 Å².